The number of nitrogens with one attached hydrogen (secondary N) is 2. The van der Waals surface area contributed by atoms with E-state index < -0.39 is 0 Å². The standard InChI is InChI=1S/C10H12N2OS/c1-7-5-3-4-6-8(7)9(13)12-10(14)11-2/h3-6H,1-2H3,(H2,11,12,13,14). The molecule has 74 valence electrons. The number of aryl methyl sites for hydroxylation is 1. The zero-order valence-electron chi connectivity index (χ0n) is 8.13. The van der Waals surface area contributed by atoms with E-state index >= 15 is 0 Å². The Morgan fingerprint density at radius 3 is 2.57 bits per heavy atom. The van der Waals surface area contributed by atoms with Crippen molar-refractivity contribution in [1.29, 1.82) is 0 Å². The molecular formula is C10H12N2OS. The van der Waals surface area contributed by atoms with E-state index in [-0.39, 0.29) is 5.91 Å². The minimum atomic E-state index is -0.178. The Hall–Kier alpha value is -1.42. The van der Waals surface area contributed by atoms with Gasteiger partial charge < -0.3 is 5.32 Å². The van der Waals surface area contributed by atoms with Crippen LogP contribution in [0.4, 0.5) is 0 Å². The first kappa shape index (κ1) is 10.7. The van der Waals surface area contributed by atoms with Crippen LogP contribution in [0, 0.1) is 6.92 Å². The third kappa shape index (κ3) is 2.53. The van der Waals surface area contributed by atoms with Crippen molar-refractivity contribution in [2.45, 2.75) is 6.92 Å². The van der Waals surface area contributed by atoms with Crippen LogP contribution >= 0.6 is 12.2 Å². The summed E-state index contributed by atoms with van der Waals surface area (Å²) in [6.07, 6.45) is 0. The van der Waals surface area contributed by atoms with Crippen molar-refractivity contribution in [3.63, 3.8) is 0 Å². The molecule has 1 aromatic rings. The average molecular weight is 208 g/mol. The van der Waals surface area contributed by atoms with E-state index in [9.17, 15) is 4.79 Å². The predicted octanol–water partition coefficient (Wildman–Crippen LogP) is 1.23. The summed E-state index contributed by atoms with van der Waals surface area (Å²) in [6.45, 7) is 1.89. The highest BCUT2D eigenvalue weighted by molar-refractivity contribution is 7.80. The van der Waals surface area contributed by atoms with Crippen molar-refractivity contribution >= 4 is 23.2 Å². The van der Waals surface area contributed by atoms with Crippen LogP contribution in [0.1, 0.15) is 15.9 Å². The molecule has 0 aliphatic rings. The Morgan fingerprint density at radius 1 is 1.36 bits per heavy atom. The molecule has 0 radical (unpaired) electrons. The molecule has 0 spiro atoms. The van der Waals surface area contributed by atoms with Gasteiger partial charge in [-0.2, -0.15) is 0 Å². The topological polar surface area (TPSA) is 41.1 Å². The normalized spacial score (nSPS) is 9.29. The van der Waals surface area contributed by atoms with E-state index in [0.717, 1.165) is 5.56 Å². The van der Waals surface area contributed by atoms with E-state index in [0.29, 0.717) is 10.7 Å². The maximum absolute atomic E-state index is 11.6. The van der Waals surface area contributed by atoms with E-state index in [1.165, 1.54) is 0 Å². The van der Waals surface area contributed by atoms with Crippen molar-refractivity contribution in [3.05, 3.63) is 35.4 Å². The second-order valence-electron chi connectivity index (χ2n) is 2.85. The second-order valence-corrected chi connectivity index (χ2v) is 3.26. The minimum absolute atomic E-state index is 0.178. The van der Waals surface area contributed by atoms with Gasteiger partial charge in [-0.3, -0.25) is 10.1 Å². The van der Waals surface area contributed by atoms with Crippen molar-refractivity contribution in [2.24, 2.45) is 0 Å². The predicted molar refractivity (Wildman–Crippen MR) is 60.3 cm³/mol. The molecule has 1 amide bonds. The maximum atomic E-state index is 11.6. The number of benzene rings is 1. The van der Waals surface area contributed by atoms with Crippen LogP contribution < -0.4 is 10.6 Å². The Balaban J connectivity index is 2.80. The highest BCUT2D eigenvalue weighted by Crippen LogP contribution is 2.05. The van der Waals surface area contributed by atoms with Gasteiger partial charge in [-0.05, 0) is 30.8 Å². The molecule has 0 bridgehead atoms. The Bertz CT molecular complexity index is 363. The summed E-state index contributed by atoms with van der Waals surface area (Å²) in [6, 6.07) is 7.37. The molecule has 4 heteroatoms. The first-order valence-electron chi connectivity index (χ1n) is 4.24. The summed E-state index contributed by atoms with van der Waals surface area (Å²) in [5.74, 6) is -0.178. The van der Waals surface area contributed by atoms with E-state index in [1.807, 2.05) is 25.1 Å². The molecule has 0 fully saturated rings. The Kier molecular flexibility index (Phi) is 3.59. The highest BCUT2D eigenvalue weighted by atomic mass is 32.1. The van der Waals surface area contributed by atoms with Gasteiger partial charge in [0.15, 0.2) is 5.11 Å². The lowest BCUT2D eigenvalue weighted by Gasteiger charge is -2.07. The fourth-order valence-corrected chi connectivity index (χ4v) is 1.15. The molecule has 0 aliphatic heterocycles. The van der Waals surface area contributed by atoms with Crippen LogP contribution in [0.2, 0.25) is 0 Å². The summed E-state index contributed by atoms with van der Waals surface area (Å²) in [7, 11) is 1.67. The lowest BCUT2D eigenvalue weighted by atomic mass is 10.1. The van der Waals surface area contributed by atoms with Gasteiger partial charge in [-0.15, -0.1) is 0 Å². The number of carbonyl (C=O) groups is 1. The van der Waals surface area contributed by atoms with Crippen molar-refractivity contribution in [3.8, 4) is 0 Å². The van der Waals surface area contributed by atoms with E-state index in [1.54, 1.807) is 13.1 Å². The minimum Gasteiger partial charge on any atom is -0.365 e. The van der Waals surface area contributed by atoms with Crippen LogP contribution in [0.3, 0.4) is 0 Å². The SMILES string of the molecule is CNC(=S)NC(=O)c1ccccc1C. The molecule has 1 rings (SSSR count). The number of carbonyl (C=O) groups excluding carboxylic acids is 1. The van der Waals surface area contributed by atoms with Gasteiger partial charge in [0.05, 0.1) is 0 Å². The molecule has 0 aromatic heterocycles. The summed E-state index contributed by atoms with van der Waals surface area (Å²) < 4.78 is 0. The van der Waals surface area contributed by atoms with Gasteiger partial charge in [-0.1, -0.05) is 18.2 Å². The number of amides is 1. The van der Waals surface area contributed by atoms with E-state index in [2.05, 4.69) is 10.6 Å². The molecule has 0 saturated heterocycles. The zero-order valence-corrected chi connectivity index (χ0v) is 8.94. The molecule has 0 atom stereocenters. The van der Waals surface area contributed by atoms with Crippen molar-refractivity contribution in [2.75, 3.05) is 7.05 Å². The number of thiocarbonyl (C=S) groups is 1. The highest BCUT2D eigenvalue weighted by Gasteiger charge is 2.08. The first-order chi connectivity index (χ1) is 6.65. The average Bonchev–Trinajstić information content (AvgIpc) is 2.18. The molecule has 0 saturated carbocycles. The van der Waals surface area contributed by atoms with Crippen LogP contribution in [0.15, 0.2) is 24.3 Å². The quantitative estimate of drug-likeness (QED) is 0.682. The van der Waals surface area contributed by atoms with Gasteiger partial charge in [0.25, 0.3) is 5.91 Å². The van der Waals surface area contributed by atoms with Gasteiger partial charge >= 0.3 is 0 Å². The summed E-state index contributed by atoms with van der Waals surface area (Å²) >= 11 is 4.83. The van der Waals surface area contributed by atoms with Crippen molar-refractivity contribution in [1.82, 2.24) is 10.6 Å². The second kappa shape index (κ2) is 4.72. The summed E-state index contributed by atoms with van der Waals surface area (Å²) in [4.78, 5) is 11.6. The van der Waals surface area contributed by atoms with Gasteiger partial charge in [0.2, 0.25) is 0 Å². The third-order valence-corrected chi connectivity index (χ3v) is 2.15. The number of hydrogen-bond donors (Lipinski definition) is 2. The molecule has 0 unspecified atom stereocenters. The van der Waals surface area contributed by atoms with Crippen LogP contribution in [-0.4, -0.2) is 18.1 Å². The molecule has 3 nitrogen and oxygen atoms in total. The fraction of sp³-hybridized carbons (Fsp3) is 0.200. The summed E-state index contributed by atoms with van der Waals surface area (Å²) in [5.41, 5.74) is 1.58. The molecule has 0 aliphatic carbocycles. The van der Waals surface area contributed by atoms with Crippen LogP contribution in [0.5, 0.6) is 0 Å². The van der Waals surface area contributed by atoms with Gasteiger partial charge in [0.1, 0.15) is 0 Å². The zero-order chi connectivity index (χ0) is 10.6. The number of rotatable bonds is 1. The van der Waals surface area contributed by atoms with Crippen LogP contribution in [0.25, 0.3) is 0 Å². The van der Waals surface area contributed by atoms with Gasteiger partial charge in [0, 0.05) is 12.6 Å². The molecule has 14 heavy (non-hydrogen) atoms. The molecular weight excluding hydrogens is 196 g/mol. The smallest absolute Gasteiger partial charge is 0.257 e. The van der Waals surface area contributed by atoms with E-state index in [4.69, 9.17) is 12.2 Å². The van der Waals surface area contributed by atoms with Crippen LogP contribution in [-0.2, 0) is 0 Å². The number of hydrogen-bond acceptors (Lipinski definition) is 2. The molecule has 2 N–H and O–H groups in total. The molecule has 1 aromatic carbocycles. The Morgan fingerprint density at radius 2 is 2.00 bits per heavy atom. The first-order valence-corrected chi connectivity index (χ1v) is 4.64. The lowest BCUT2D eigenvalue weighted by Crippen LogP contribution is -2.37. The Labute approximate surface area is 88.5 Å². The largest absolute Gasteiger partial charge is 0.365 e. The monoisotopic (exact) mass is 208 g/mol. The molecule has 0 heterocycles. The lowest BCUT2D eigenvalue weighted by molar-refractivity contribution is 0.0976. The maximum Gasteiger partial charge on any atom is 0.257 e. The summed E-state index contributed by atoms with van der Waals surface area (Å²) in [5, 5.41) is 5.58. The van der Waals surface area contributed by atoms with Crippen molar-refractivity contribution < 1.29 is 4.79 Å². The fourth-order valence-electron chi connectivity index (χ4n) is 1.06. The third-order valence-electron chi connectivity index (χ3n) is 1.84. The van der Waals surface area contributed by atoms with Gasteiger partial charge in [-0.25, -0.2) is 0 Å².